The topological polar surface area (TPSA) is 284 Å². The molecule has 0 spiro atoms. The van der Waals surface area contributed by atoms with Crippen LogP contribution >= 0.6 is 0 Å². The standard InChI is InChI=1S/C19H33N9O7/c1-9(30)14(20)17(33)26-11(3-2-4-24-19(21)22)15(31)28-13(7-29)16(32)27-12(18(34)35)5-10-6-23-8-25-10/h6,8-9,11-14,29-30H,2-5,7,20H2,1H3,(H,23,25)(H,26,33)(H,27,32)(H,28,31)(H,34,35)(H4,21,22,24). The van der Waals surface area contributed by atoms with E-state index in [1.807, 2.05) is 0 Å². The smallest absolute Gasteiger partial charge is 0.326 e. The second kappa shape index (κ2) is 14.5. The Morgan fingerprint density at radius 2 is 1.69 bits per heavy atom. The first-order chi connectivity index (χ1) is 16.5. The van der Waals surface area contributed by atoms with Gasteiger partial charge in [-0.2, -0.15) is 0 Å². The Balaban J connectivity index is 2.88. The Bertz CT molecular complexity index is 872. The van der Waals surface area contributed by atoms with Gasteiger partial charge >= 0.3 is 5.97 Å². The molecular formula is C19H33N9O7. The van der Waals surface area contributed by atoms with E-state index in [0.717, 1.165) is 0 Å². The van der Waals surface area contributed by atoms with E-state index < -0.39 is 60.6 Å². The number of hydrogen-bond acceptors (Lipinski definition) is 9. The van der Waals surface area contributed by atoms with Crippen molar-refractivity contribution in [3.05, 3.63) is 18.2 Å². The fourth-order valence-corrected chi connectivity index (χ4v) is 2.81. The summed E-state index contributed by atoms with van der Waals surface area (Å²) in [5.41, 5.74) is 16.6. The summed E-state index contributed by atoms with van der Waals surface area (Å²) in [6, 6.07) is -5.43. The number of aliphatic carboxylic acids is 1. The molecule has 196 valence electrons. The summed E-state index contributed by atoms with van der Waals surface area (Å²) in [5, 5.41) is 35.4. The van der Waals surface area contributed by atoms with E-state index in [2.05, 4.69) is 30.9 Å². The van der Waals surface area contributed by atoms with Gasteiger partial charge in [0.15, 0.2) is 5.96 Å². The third kappa shape index (κ3) is 10.4. The number of amides is 3. The number of carbonyl (C=O) groups is 4. The molecule has 1 heterocycles. The molecule has 0 bridgehead atoms. The maximum absolute atomic E-state index is 12.8. The summed E-state index contributed by atoms with van der Waals surface area (Å²) >= 11 is 0. The first-order valence-corrected chi connectivity index (χ1v) is 10.7. The molecule has 0 aliphatic rings. The van der Waals surface area contributed by atoms with E-state index in [9.17, 15) is 34.5 Å². The second-order valence-electron chi connectivity index (χ2n) is 7.70. The summed E-state index contributed by atoms with van der Waals surface area (Å²) < 4.78 is 0. The van der Waals surface area contributed by atoms with Gasteiger partial charge in [0.1, 0.15) is 24.2 Å². The minimum Gasteiger partial charge on any atom is -0.480 e. The molecule has 16 heteroatoms. The molecule has 0 saturated heterocycles. The number of hydrogen-bond donors (Lipinski definition) is 10. The molecule has 35 heavy (non-hydrogen) atoms. The highest BCUT2D eigenvalue weighted by Crippen LogP contribution is 2.03. The lowest BCUT2D eigenvalue weighted by molar-refractivity contribution is -0.142. The summed E-state index contributed by atoms with van der Waals surface area (Å²) in [6.07, 6.45) is 1.70. The van der Waals surface area contributed by atoms with Gasteiger partial charge in [-0.1, -0.05) is 0 Å². The molecule has 0 fully saturated rings. The molecule has 1 rings (SSSR count). The lowest BCUT2D eigenvalue weighted by Gasteiger charge is -2.24. The molecule has 13 N–H and O–H groups in total. The average molecular weight is 500 g/mol. The van der Waals surface area contributed by atoms with Crippen LogP contribution < -0.4 is 33.2 Å². The van der Waals surface area contributed by atoms with Crippen LogP contribution in [0.2, 0.25) is 0 Å². The number of carboxylic acid groups (broad SMARTS) is 1. The number of carboxylic acids is 1. The second-order valence-corrected chi connectivity index (χ2v) is 7.70. The molecule has 1 aromatic heterocycles. The van der Waals surface area contributed by atoms with Gasteiger partial charge in [0.05, 0.1) is 19.0 Å². The first kappa shape index (κ1) is 29.3. The van der Waals surface area contributed by atoms with Crippen molar-refractivity contribution < 1.29 is 34.5 Å². The normalized spacial score (nSPS) is 15.1. The van der Waals surface area contributed by atoms with Gasteiger partial charge in [0.2, 0.25) is 17.7 Å². The van der Waals surface area contributed by atoms with Crippen molar-refractivity contribution >= 4 is 29.7 Å². The van der Waals surface area contributed by atoms with E-state index in [0.29, 0.717) is 5.69 Å². The largest absolute Gasteiger partial charge is 0.480 e. The molecule has 0 aromatic carbocycles. The number of nitrogens with one attached hydrogen (secondary N) is 4. The maximum atomic E-state index is 12.8. The molecule has 3 amide bonds. The number of aromatic nitrogens is 2. The van der Waals surface area contributed by atoms with Gasteiger partial charge in [-0.3, -0.25) is 19.4 Å². The number of aliphatic hydroxyl groups is 2. The van der Waals surface area contributed by atoms with Crippen LogP contribution in [0.1, 0.15) is 25.5 Å². The zero-order chi connectivity index (χ0) is 26.5. The highest BCUT2D eigenvalue weighted by atomic mass is 16.4. The summed E-state index contributed by atoms with van der Waals surface area (Å²) in [4.78, 5) is 59.4. The van der Waals surface area contributed by atoms with Gasteiger partial charge < -0.3 is 53.5 Å². The fraction of sp³-hybridized carbons (Fsp3) is 0.579. The number of guanidine groups is 1. The number of nitrogens with zero attached hydrogens (tertiary/aromatic N) is 2. The SMILES string of the molecule is CC(O)C(N)C(=O)NC(CCCN=C(N)N)C(=O)NC(CO)C(=O)NC(Cc1cnc[nH]1)C(=O)O. The van der Waals surface area contributed by atoms with E-state index in [-0.39, 0.29) is 31.8 Å². The Hall–Kier alpha value is -3.76. The lowest BCUT2D eigenvalue weighted by Crippen LogP contribution is -2.59. The summed E-state index contributed by atoms with van der Waals surface area (Å²) in [6.45, 7) is 0.588. The van der Waals surface area contributed by atoms with E-state index >= 15 is 0 Å². The number of aliphatic hydroxyl groups excluding tert-OH is 2. The Morgan fingerprint density at radius 3 is 2.20 bits per heavy atom. The number of carbonyl (C=O) groups excluding carboxylic acids is 3. The molecule has 16 nitrogen and oxygen atoms in total. The number of rotatable bonds is 15. The fourth-order valence-electron chi connectivity index (χ4n) is 2.81. The predicted octanol–water partition coefficient (Wildman–Crippen LogP) is -4.75. The minimum absolute atomic E-state index is 0.0260. The van der Waals surface area contributed by atoms with E-state index in [1.165, 1.54) is 19.4 Å². The van der Waals surface area contributed by atoms with Crippen LogP contribution in [0.3, 0.4) is 0 Å². The quantitative estimate of drug-likeness (QED) is 0.0620. The number of H-pyrrole nitrogens is 1. The first-order valence-electron chi connectivity index (χ1n) is 10.7. The molecule has 0 saturated carbocycles. The van der Waals surface area contributed by atoms with Crippen molar-refractivity contribution in [1.29, 1.82) is 0 Å². The van der Waals surface area contributed by atoms with Crippen molar-refractivity contribution in [2.75, 3.05) is 13.2 Å². The molecule has 0 aliphatic heterocycles. The third-order valence-corrected chi connectivity index (χ3v) is 4.81. The molecule has 0 radical (unpaired) electrons. The highest BCUT2D eigenvalue weighted by molar-refractivity contribution is 5.94. The van der Waals surface area contributed by atoms with Crippen LogP contribution in [0.25, 0.3) is 0 Å². The number of aromatic amines is 1. The number of imidazole rings is 1. The molecule has 1 aromatic rings. The molecule has 5 unspecified atom stereocenters. The predicted molar refractivity (Wildman–Crippen MR) is 122 cm³/mol. The van der Waals surface area contributed by atoms with Crippen LogP contribution in [0, 0.1) is 0 Å². The van der Waals surface area contributed by atoms with Gasteiger partial charge in [-0.15, -0.1) is 0 Å². The molecular weight excluding hydrogens is 466 g/mol. The summed E-state index contributed by atoms with van der Waals surface area (Å²) in [5.74, 6) is -4.13. The lowest BCUT2D eigenvalue weighted by atomic mass is 10.1. The number of nitrogens with two attached hydrogens (primary N) is 3. The van der Waals surface area contributed by atoms with E-state index in [4.69, 9.17) is 17.2 Å². The highest BCUT2D eigenvalue weighted by Gasteiger charge is 2.30. The zero-order valence-corrected chi connectivity index (χ0v) is 19.2. The monoisotopic (exact) mass is 499 g/mol. The van der Waals surface area contributed by atoms with Crippen molar-refractivity contribution in [1.82, 2.24) is 25.9 Å². The Kier molecular flexibility index (Phi) is 12.1. The van der Waals surface area contributed by atoms with E-state index in [1.54, 1.807) is 0 Å². The maximum Gasteiger partial charge on any atom is 0.326 e. The van der Waals surface area contributed by atoms with Crippen molar-refractivity contribution in [2.45, 2.75) is 56.5 Å². The Morgan fingerprint density at radius 1 is 1.09 bits per heavy atom. The average Bonchev–Trinajstić information content (AvgIpc) is 3.30. The van der Waals surface area contributed by atoms with Gasteiger partial charge in [0, 0.05) is 24.9 Å². The molecule has 0 aliphatic carbocycles. The molecule has 5 atom stereocenters. The van der Waals surface area contributed by atoms with Crippen LogP contribution in [0.15, 0.2) is 17.5 Å². The van der Waals surface area contributed by atoms with Crippen LogP contribution in [-0.2, 0) is 25.6 Å². The van der Waals surface area contributed by atoms with Crippen molar-refractivity contribution in [3.8, 4) is 0 Å². The van der Waals surface area contributed by atoms with Crippen LogP contribution in [0.5, 0.6) is 0 Å². The van der Waals surface area contributed by atoms with Gasteiger partial charge in [-0.25, -0.2) is 9.78 Å². The van der Waals surface area contributed by atoms with Crippen LogP contribution in [-0.4, -0.2) is 98.4 Å². The third-order valence-electron chi connectivity index (χ3n) is 4.81. The minimum atomic E-state index is -1.52. The van der Waals surface area contributed by atoms with Gasteiger partial charge in [0.25, 0.3) is 0 Å². The van der Waals surface area contributed by atoms with Crippen molar-refractivity contribution in [3.63, 3.8) is 0 Å². The Labute approximate surface area is 200 Å². The zero-order valence-electron chi connectivity index (χ0n) is 19.2. The number of aliphatic imine (C=N–C) groups is 1. The van der Waals surface area contributed by atoms with Crippen molar-refractivity contribution in [2.24, 2.45) is 22.2 Å². The summed E-state index contributed by atoms with van der Waals surface area (Å²) in [7, 11) is 0. The van der Waals surface area contributed by atoms with Gasteiger partial charge in [-0.05, 0) is 19.8 Å². The van der Waals surface area contributed by atoms with Crippen LogP contribution in [0.4, 0.5) is 0 Å².